The Kier molecular flexibility index (Phi) is 4.04. The molecular weight excluding hydrogens is 315 g/mol. The molecule has 0 unspecified atom stereocenters. The molecule has 4 heteroatoms. The fourth-order valence-electron chi connectivity index (χ4n) is 1.83. The van der Waals surface area contributed by atoms with Crippen LogP contribution in [0, 0.1) is 3.57 Å². The second kappa shape index (κ2) is 5.52. The molecule has 1 aromatic rings. The Morgan fingerprint density at radius 1 is 1.12 bits per heavy atom. The maximum absolute atomic E-state index is 11.9. The van der Waals surface area contributed by atoms with Gasteiger partial charge in [0.15, 0.2) is 0 Å². The Morgan fingerprint density at radius 2 is 1.75 bits per heavy atom. The van der Waals surface area contributed by atoms with E-state index in [1.807, 2.05) is 29.2 Å². The minimum atomic E-state index is 0.0286. The summed E-state index contributed by atoms with van der Waals surface area (Å²) >= 11 is 2.25. The van der Waals surface area contributed by atoms with E-state index in [-0.39, 0.29) is 6.03 Å². The van der Waals surface area contributed by atoms with E-state index in [0.29, 0.717) is 0 Å². The fraction of sp³-hybridized carbons (Fsp3) is 0.417. The second-order valence-electron chi connectivity index (χ2n) is 3.98. The number of piperidine rings is 1. The van der Waals surface area contributed by atoms with Crippen LogP contribution < -0.4 is 5.32 Å². The molecular formula is C12H15IN2O. The number of nitrogens with zero attached hydrogens (tertiary/aromatic N) is 1. The third-order valence-corrected chi connectivity index (χ3v) is 3.46. The molecule has 2 amide bonds. The molecule has 1 fully saturated rings. The van der Waals surface area contributed by atoms with Gasteiger partial charge in [-0.1, -0.05) is 0 Å². The number of hydrogen-bond acceptors (Lipinski definition) is 1. The van der Waals surface area contributed by atoms with Crippen LogP contribution in [0.2, 0.25) is 0 Å². The zero-order chi connectivity index (χ0) is 11.4. The number of amides is 2. The van der Waals surface area contributed by atoms with Crippen molar-refractivity contribution in [2.75, 3.05) is 18.4 Å². The number of anilines is 1. The Balaban J connectivity index is 1.93. The minimum Gasteiger partial charge on any atom is -0.325 e. The van der Waals surface area contributed by atoms with Crippen LogP contribution in [0.1, 0.15) is 19.3 Å². The van der Waals surface area contributed by atoms with Gasteiger partial charge in [-0.05, 0) is 66.1 Å². The quantitative estimate of drug-likeness (QED) is 0.788. The van der Waals surface area contributed by atoms with Crippen molar-refractivity contribution in [3.05, 3.63) is 27.8 Å². The van der Waals surface area contributed by atoms with Gasteiger partial charge in [-0.2, -0.15) is 0 Å². The van der Waals surface area contributed by atoms with Gasteiger partial charge >= 0.3 is 6.03 Å². The minimum absolute atomic E-state index is 0.0286. The highest BCUT2D eigenvalue weighted by molar-refractivity contribution is 14.1. The van der Waals surface area contributed by atoms with E-state index >= 15 is 0 Å². The number of likely N-dealkylation sites (tertiary alicyclic amines) is 1. The van der Waals surface area contributed by atoms with E-state index in [1.54, 1.807) is 0 Å². The van der Waals surface area contributed by atoms with Gasteiger partial charge in [0.25, 0.3) is 0 Å². The summed E-state index contributed by atoms with van der Waals surface area (Å²) < 4.78 is 1.17. The highest BCUT2D eigenvalue weighted by atomic mass is 127. The first-order valence-electron chi connectivity index (χ1n) is 5.57. The van der Waals surface area contributed by atoms with Gasteiger partial charge in [-0.3, -0.25) is 0 Å². The van der Waals surface area contributed by atoms with Gasteiger partial charge in [0.1, 0.15) is 0 Å². The number of carbonyl (C=O) groups is 1. The summed E-state index contributed by atoms with van der Waals surface area (Å²) in [4.78, 5) is 13.8. The van der Waals surface area contributed by atoms with Crippen LogP contribution in [0.3, 0.4) is 0 Å². The summed E-state index contributed by atoms with van der Waals surface area (Å²) in [6.07, 6.45) is 3.49. The van der Waals surface area contributed by atoms with Crippen LogP contribution in [-0.2, 0) is 0 Å². The predicted molar refractivity (Wildman–Crippen MR) is 73.6 cm³/mol. The molecule has 0 aliphatic carbocycles. The zero-order valence-electron chi connectivity index (χ0n) is 9.08. The van der Waals surface area contributed by atoms with Gasteiger partial charge in [0.2, 0.25) is 0 Å². The molecule has 3 nitrogen and oxygen atoms in total. The summed E-state index contributed by atoms with van der Waals surface area (Å²) in [5, 5.41) is 2.92. The third-order valence-electron chi connectivity index (χ3n) is 2.74. The van der Waals surface area contributed by atoms with Crippen LogP contribution in [0.15, 0.2) is 24.3 Å². The van der Waals surface area contributed by atoms with Gasteiger partial charge in [-0.25, -0.2) is 4.79 Å². The van der Waals surface area contributed by atoms with Crippen LogP contribution in [0.25, 0.3) is 0 Å². The number of rotatable bonds is 1. The predicted octanol–water partition coefficient (Wildman–Crippen LogP) is 3.31. The van der Waals surface area contributed by atoms with E-state index in [0.717, 1.165) is 31.6 Å². The maximum Gasteiger partial charge on any atom is 0.321 e. The van der Waals surface area contributed by atoms with Gasteiger partial charge < -0.3 is 10.2 Å². The molecule has 16 heavy (non-hydrogen) atoms. The van der Waals surface area contributed by atoms with Crippen LogP contribution in [-0.4, -0.2) is 24.0 Å². The lowest BCUT2D eigenvalue weighted by atomic mass is 10.1. The lowest BCUT2D eigenvalue weighted by Gasteiger charge is -2.26. The molecule has 0 spiro atoms. The summed E-state index contributed by atoms with van der Waals surface area (Å²) in [5.74, 6) is 0. The molecule has 2 rings (SSSR count). The summed E-state index contributed by atoms with van der Waals surface area (Å²) in [6, 6.07) is 7.88. The van der Waals surface area contributed by atoms with E-state index in [4.69, 9.17) is 0 Å². The molecule has 1 heterocycles. The normalized spacial score (nSPS) is 15.9. The van der Waals surface area contributed by atoms with Gasteiger partial charge in [0, 0.05) is 22.3 Å². The monoisotopic (exact) mass is 330 g/mol. The topological polar surface area (TPSA) is 32.3 Å². The van der Waals surface area contributed by atoms with Gasteiger partial charge in [0.05, 0.1) is 0 Å². The number of carbonyl (C=O) groups excluding carboxylic acids is 1. The number of halogens is 1. The zero-order valence-corrected chi connectivity index (χ0v) is 11.2. The number of benzene rings is 1. The van der Waals surface area contributed by atoms with Crippen molar-refractivity contribution < 1.29 is 4.79 Å². The number of nitrogens with one attached hydrogen (secondary N) is 1. The van der Waals surface area contributed by atoms with Crippen molar-refractivity contribution in [2.24, 2.45) is 0 Å². The van der Waals surface area contributed by atoms with E-state index in [2.05, 4.69) is 27.9 Å². The summed E-state index contributed by atoms with van der Waals surface area (Å²) in [7, 11) is 0. The molecule has 0 saturated carbocycles. The lowest BCUT2D eigenvalue weighted by molar-refractivity contribution is 0.200. The van der Waals surface area contributed by atoms with Crippen molar-refractivity contribution in [3.63, 3.8) is 0 Å². The first-order valence-corrected chi connectivity index (χ1v) is 6.65. The Bertz CT molecular complexity index is 358. The molecule has 1 aliphatic rings. The molecule has 1 aliphatic heterocycles. The summed E-state index contributed by atoms with van der Waals surface area (Å²) in [6.45, 7) is 1.77. The van der Waals surface area contributed by atoms with Crippen LogP contribution in [0.4, 0.5) is 10.5 Å². The highest BCUT2D eigenvalue weighted by Gasteiger charge is 2.15. The molecule has 0 bridgehead atoms. The van der Waals surface area contributed by atoms with Crippen molar-refractivity contribution >= 4 is 34.3 Å². The smallest absolute Gasteiger partial charge is 0.321 e. The molecule has 1 saturated heterocycles. The van der Waals surface area contributed by atoms with E-state index < -0.39 is 0 Å². The van der Waals surface area contributed by atoms with Crippen molar-refractivity contribution in [3.8, 4) is 0 Å². The molecule has 1 N–H and O–H groups in total. The SMILES string of the molecule is O=C(Nc1ccc(I)cc1)N1CCCCC1. The van der Waals surface area contributed by atoms with Crippen molar-refractivity contribution in [1.82, 2.24) is 4.90 Å². The average molecular weight is 330 g/mol. The summed E-state index contributed by atoms with van der Waals surface area (Å²) in [5.41, 5.74) is 0.871. The lowest BCUT2D eigenvalue weighted by Crippen LogP contribution is -2.38. The average Bonchev–Trinajstić information content (AvgIpc) is 2.33. The molecule has 0 atom stereocenters. The number of urea groups is 1. The third kappa shape index (κ3) is 3.10. The number of hydrogen-bond donors (Lipinski definition) is 1. The fourth-order valence-corrected chi connectivity index (χ4v) is 2.19. The molecule has 0 radical (unpaired) electrons. The van der Waals surface area contributed by atoms with Gasteiger partial charge in [-0.15, -0.1) is 0 Å². The first-order chi connectivity index (χ1) is 7.75. The molecule has 86 valence electrons. The standard InChI is InChI=1S/C12H15IN2O/c13-10-4-6-11(7-5-10)14-12(16)15-8-2-1-3-9-15/h4-7H,1-3,8-9H2,(H,14,16). The van der Waals surface area contributed by atoms with E-state index in [1.165, 1.54) is 9.99 Å². The molecule has 1 aromatic carbocycles. The Hall–Kier alpha value is -0.780. The first kappa shape index (κ1) is 11.7. The molecule has 0 aromatic heterocycles. The van der Waals surface area contributed by atoms with Crippen LogP contribution in [0.5, 0.6) is 0 Å². The maximum atomic E-state index is 11.9. The van der Waals surface area contributed by atoms with Crippen molar-refractivity contribution in [1.29, 1.82) is 0 Å². The Labute approximate surface area is 109 Å². The highest BCUT2D eigenvalue weighted by Crippen LogP contribution is 2.14. The Morgan fingerprint density at radius 3 is 2.38 bits per heavy atom. The van der Waals surface area contributed by atoms with Crippen molar-refractivity contribution in [2.45, 2.75) is 19.3 Å². The largest absolute Gasteiger partial charge is 0.325 e. The second-order valence-corrected chi connectivity index (χ2v) is 5.23. The van der Waals surface area contributed by atoms with E-state index in [9.17, 15) is 4.79 Å². The van der Waals surface area contributed by atoms with Crippen LogP contribution >= 0.6 is 22.6 Å².